The predicted octanol–water partition coefficient (Wildman–Crippen LogP) is 6.32. The lowest BCUT2D eigenvalue weighted by atomic mass is 10.0. The Hall–Kier alpha value is -3.05. The third-order valence-electron chi connectivity index (χ3n) is 5.73. The minimum Gasteiger partial charge on any atom is -0.486 e. The van der Waals surface area contributed by atoms with E-state index >= 15 is 0 Å². The molecular weight excluding hydrogens is 400 g/mol. The van der Waals surface area contributed by atoms with Crippen LogP contribution in [0.15, 0.2) is 60.8 Å². The van der Waals surface area contributed by atoms with Crippen molar-refractivity contribution in [2.75, 3.05) is 19.8 Å². The summed E-state index contributed by atoms with van der Waals surface area (Å²) in [6.45, 7) is 9.24. The van der Waals surface area contributed by atoms with Crippen molar-refractivity contribution in [1.82, 2.24) is 9.88 Å². The largest absolute Gasteiger partial charge is 0.486 e. The first-order valence-electron chi connectivity index (χ1n) is 11.6. The van der Waals surface area contributed by atoms with Gasteiger partial charge in [0.05, 0.1) is 0 Å². The van der Waals surface area contributed by atoms with Gasteiger partial charge in [-0.05, 0) is 67.8 Å². The average molecular weight is 433 g/mol. The van der Waals surface area contributed by atoms with Gasteiger partial charge in [0.1, 0.15) is 24.7 Å². The van der Waals surface area contributed by atoms with Crippen molar-refractivity contribution in [3.05, 3.63) is 77.6 Å². The van der Waals surface area contributed by atoms with Gasteiger partial charge < -0.3 is 14.2 Å². The topological polar surface area (TPSA) is 43.8 Å². The van der Waals surface area contributed by atoms with E-state index in [1.54, 1.807) is 6.20 Å². The zero-order valence-electron chi connectivity index (χ0n) is 19.2. The molecule has 5 rings (SSSR count). The standard InChI is InChI=1S/C25H26N2O3.C2H6/c1-18-15-22(10-11-26-18)30-21-7-4-19(5-8-21)17-27-12-2-3-23(27)20-6-9-24-25(16-20)29-14-13-28-24;1-2/h4-11,15-16,23H,2-3,12-14,17H2,1H3;1-2H3. The first-order chi connectivity index (χ1) is 15.7. The van der Waals surface area contributed by atoms with Crippen LogP contribution in [0, 0.1) is 6.92 Å². The fraction of sp³-hybridized carbons (Fsp3) is 0.370. The molecule has 2 aliphatic heterocycles. The SMILES string of the molecule is CC.Cc1cc(Oc2ccc(CN3CCCC3c3ccc4c(c3)OCCO4)cc2)ccn1. The van der Waals surface area contributed by atoms with E-state index < -0.39 is 0 Å². The molecule has 2 aromatic carbocycles. The molecule has 1 fully saturated rings. The summed E-state index contributed by atoms with van der Waals surface area (Å²) in [6, 6.07) is 19.0. The summed E-state index contributed by atoms with van der Waals surface area (Å²) < 4.78 is 17.4. The number of pyridine rings is 1. The maximum Gasteiger partial charge on any atom is 0.161 e. The highest BCUT2D eigenvalue weighted by Crippen LogP contribution is 2.38. The molecule has 0 bridgehead atoms. The fourth-order valence-corrected chi connectivity index (χ4v) is 4.28. The molecule has 5 nitrogen and oxygen atoms in total. The fourth-order valence-electron chi connectivity index (χ4n) is 4.28. The average Bonchev–Trinajstić information content (AvgIpc) is 3.29. The van der Waals surface area contributed by atoms with E-state index in [1.807, 2.05) is 51.1 Å². The van der Waals surface area contributed by atoms with Crippen LogP contribution in [-0.4, -0.2) is 29.6 Å². The number of nitrogens with zero attached hydrogens (tertiary/aromatic N) is 2. The van der Waals surface area contributed by atoms with Crippen LogP contribution in [0.4, 0.5) is 0 Å². The number of fused-ring (bicyclic) bond motifs is 1. The van der Waals surface area contributed by atoms with Gasteiger partial charge >= 0.3 is 0 Å². The summed E-state index contributed by atoms with van der Waals surface area (Å²) in [7, 11) is 0. The van der Waals surface area contributed by atoms with E-state index in [4.69, 9.17) is 14.2 Å². The molecule has 1 atom stereocenters. The molecule has 3 aromatic rings. The quantitative estimate of drug-likeness (QED) is 0.472. The van der Waals surface area contributed by atoms with Gasteiger partial charge in [0.25, 0.3) is 0 Å². The van der Waals surface area contributed by atoms with Gasteiger partial charge in [0.15, 0.2) is 11.5 Å². The van der Waals surface area contributed by atoms with Crippen molar-refractivity contribution in [2.24, 2.45) is 0 Å². The van der Waals surface area contributed by atoms with Crippen molar-refractivity contribution in [3.8, 4) is 23.0 Å². The molecule has 1 saturated heterocycles. The first-order valence-corrected chi connectivity index (χ1v) is 11.6. The van der Waals surface area contributed by atoms with Crippen molar-refractivity contribution < 1.29 is 14.2 Å². The molecule has 0 radical (unpaired) electrons. The van der Waals surface area contributed by atoms with Crippen LogP contribution in [0.5, 0.6) is 23.0 Å². The van der Waals surface area contributed by atoms with Crippen LogP contribution in [-0.2, 0) is 6.54 Å². The minimum atomic E-state index is 0.413. The smallest absolute Gasteiger partial charge is 0.161 e. The molecule has 0 amide bonds. The van der Waals surface area contributed by atoms with Crippen LogP contribution >= 0.6 is 0 Å². The van der Waals surface area contributed by atoms with Crippen molar-refractivity contribution in [3.63, 3.8) is 0 Å². The lowest BCUT2D eigenvalue weighted by Crippen LogP contribution is -2.23. The summed E-state index contributed by atoms with van der Waals surface area (Å²) in [5.41, 5.74) is 3.55. The number of hydrogen-bond donors (Lipinski definition) is 0. The zero-order chi connectivity index (χ0) is 22.3. The van der Waals surface area contributed by atoms with Crippen LogP contribution in [0.2, 0.25) is 0 Å². The molecule has 2 aliphatic rings. The Labute approximate surface area is 191 Å². The number of aryl methyl sites for hydroxylation is 1. The molecule has 0 aliphatic carbocycles. The number of hydrogen-bond acceptors (Lipinski definition) is 5. The summed E-state index contributed by atoms with van der Waals surface area (Å²) in [5, 5.41) is 0. The molecule has 3 heterocycles. The number of likely N-dealkylation sites (tertiary alicyclic amines) is 1. The molecule has 168 valence electrons. The predicted molar refractivity (Wildman–Crippen MR) is 127 cm³/mol. The minimum absolute atomic E-state index is 0.413. The number of aromatic nitrogens is 1. The number of rotatable bonds is 5. The molecule has 0 N–H and O–H groups in total. The molecule has 0 saturated carbocycles. The van der Waals surface area contributed by atoms with Gasteiger partial charge in [-0.25, -0.2) is 0 Å². The van der Waals surface area contributed by atoms with Crippen LogP contribution in [0.3, 0.4) is 0 Å². The van der Waals surface area contributed by atoms with Crippen LogP contribution in [0.1, 0.15) is 49.6 Å². The van der Waals surface area contributed by atoms with E-state index in [2.05, 4.69) is 34.1 Å². The van der Waals surface area contributed by atoms with Gasteiger partial charge in [-0.3, -0.25) is 9.88 Å². The van der Waals surface area contributed by atoms with Crippen molar-refractivity contribution in [1.29, 1.82) is 0 Å². The van der Waals surface area contributed by atoms with Crippen LogP contribution in [0.25, 0.3) is 0 Å². The monoisotopic (exact) mass is 432 g/mol. The van der Waals surface area contributed by atoms with E-state index in [0.717, 1.165) is 41.8 Å². The second-order valence-electron chi connectivity index (χ2n) is 7.91. The summed E-state index contributed by atoms with van der Waals surface area (Å²) in [4.78, 5) is 6.76. The highest BCUT2D eigenvalue weighted by Gasteiger charge is 2.27. The third kappa shape index (κ3) is 5.22. The van der Waals surface area contributed by atoms with E-state index in [9.17, 15) is 0 Å². The Kier molecular flexibility index (Phi) is 7.28. The summed E-state index contributed by atoms with van der Waals surface area (Å²) >= 11 is 0. The molecule has 1 unspecified atom stereocenters. The third-order valence-corrected chi connectivity index (χ3v) is 5.73. The van der Waals surface area contributed by atoms with Gasteiger partial charge in [0.2, 0.25) is 0 Å². The highest BCUT2D eigenvalue weighted by molar-refractivity contribution is 5.45. The van der Waals surface area contributed by atoms with E-state index in [-0.39, 0.29) is 0 Å². The first kappa shape index (κ1) is 22.2. The maximum atomic E-state index is 5.95. The second-order valence-corrected chi connectivity index (χ2v) is 7.91. The normalized spacial score (nSPS) is 17.4. The molecule has 1 aromatic heterocycles. The second kappa shape index (κ2) is 10.5. The Balaban J connectivity index is 0.00000119. The van der Waals surface area contributed by atoms with Gasteiger partial charge in [-0.15, -0.1) is 0 Å². The molecule has 5 heteroatoms. The molecular formula is C27H32N2O3. The lowest BCUT2D eigenvalue weighted by Gasteiger charge is -2.26. The van der Waals surface area contributed by atoms with Crippen molar-refractivity contribution >= 4 is 0 Å². The van der Waals surface area contributed by atoms with Crippen LogP contribution < -0.4 is 14.2 Å². The summed E-state index contributed by atoms with van der Waals surface area (Å²) in [6.07, 6.45) is 4.15. The van der Waals surface area contributed by atoms with E-state index in [0.29, 0.717) is 19.3 Å². The van der Waals surface area contributed by atoms with Gasteiger partial charge in [-0.2, -0.15) is 0 Å². The Morgan fingerprint density at radius 2 is 1.72 bits per heavy atom. The number of ether oxygens (including phenoxy) is 3. The summed E-state index contributed by atoms with van der Waals surface area (Å²) in [5.74, 6) is 3.38. The lowest BCUT2D eigenvalue weighted by molar-refractivity contribution is 0.170. The molecule has 32 heavy (non-hydrogen) atoms. The van der Waals surface area contributed by atoms with E-state index in [1.165, 1.54) is 24.0 Å². The highest BCUT2D eigenvalue weighted by atomic mass is 16.6. The van der Waals surface area contributed by atoms with Crippen molar-refractivity contribution in [2.45, 2.75) is 46.2 Å². The maximum absolute atomic E-state index is 5.95. The Morgan fingerprint density at radius 3 is 2.50 bits per heavy atom. The van der Waals surface area contributed by atoms with Gasteiger partial charge in [0, 0.05) is 30.5 Å². The zero-order valence-corrected chi connectivity index (χ0v) is 19.2. The van der Waals surface area contributed by atoms with Gasteiger partial charge in [-0.1, -0.05) is 32.0 Å². The molecule has 0 spiro atoms. The number of benzene rings is 2. The Bertz CT molecular complexity index is 1020. The Morgan fingerprint density at radius 1 is 0.938 bits per heavy atom.